The molecule has 2 heterocycles. The lowest BCUT2D eigenvalue weighted by atomic mass is 9.92. The summed E-state index contributed by atoms with van der Waals surface area (Å²) in [5.41, 5.74) is 0. The molecule has 0 N–H and O–H groups in total. The number of hydrogen-bond donors (Lipinski definition) is 0. The molecule has 0 aliphatic carbocycles. The molecule has 2 rings (SSSR count). The Morgan fingerprint density at radius 3 is 3.18 bits per heavy atom. The molecule has 2 atom stereocenters. The first-order valence-corrected chi connectivity index (χ1v) is 4.72. The van der Waals surface area contributed by atoms with Crippen molar-refractivity contribution in [3.63, 3.8) is 0 Å². The second kappa shape index (κ2) is 3.11. The third-order valence-electron chi connectivity index (χ3n) is 3.06. The summed E-state index contributed by atoms with van der Waals surface area (Å²) in [6.45, 7) is 5.45. The first-order chi connectivity index (χ1) is 5.40. The van der Waals surface area contributed by atoms with Gasteiger partial charge in [0.05, 0.1) is 13.3 Å². The van der Waals surface area contributed by atoms with Gasteiger partial charge in [-0.2, -0.15) is 0 Å². The van der Waals surface area contributed by atoms with Crippen LogP contribution >= 0.6 is 0 Å². The molecule has 2 heteroatoms. The predicted octanol–water partition coefficient (Wildman–Crippen LogP) is 1.46. The summed E-state index contributed by atoms with van der Waals surface area (Å²) in [4.78, 5) is 2.50. The van der Waals surface area contributed by atoms with Crippen molar-refractivity contribution in [2.24, 2.45) is 5.92 Å². The minimum Gasteiger partial charge on any atom is -0.364 e. The van der Waals surface area contributed by atoms with E-state index in [9.17, 15) is 0 Å². The van der Waals surface area contributed by atoms with Gasteiger partial charge in [0, 0.05) is 12.6 Å². The lowest BCUT2D eigenvalue weighted by molar-refractivity contribution is 0.106. The lowest BCUT2D eigenvalue weighted by Crippen LogP contribution is -2.39. The predicted molar refractivity (Wildman–Crippen MR) is 44.3 cm³/mol. The summed E-state index contributed by atoms with van der Waals surface area (Å²) in [6, 6.07) is 0.762. The normalized spacial score (nSPS) is 39.0. The fourth-order valence-electron chi connectivity index (χ4n) is 2.17. The molecule has 2 aliphatic heterocycles. The van der Waals surface area contributed by atoms with E-state index in [0.717, 1.165) is 25.3 Å². The largest absolute Gasteiger partial charge is 0.364 e. The average molecular weight is 155 g/mol. The van der Waals surface area contributed by atoms with Gasteiger partial charge in [-0.05, 0) is 18.8 Å². The van der Waals surface area contributed by atoms with E-state index in [-0.39, 0.29) is 0 Å². The van der Waals surface area contributed by atoms with Crippen molar-refractivity contribution in [1.29, 1.82) is 0 Å². The second-order valence-electron chi connectivity index (χ2n) is 3.78. The first kappa shape index (κ1) is 7.56. The lowest BCUT2D eigenvalue weighted by Gasteiger charge is -2.32. The zero-order chi connectivity index (χ0) is 7.68. The molecule has 2 nitrogen and oxygen atoms in total. The van der Waals surface area contributed by atoms with Crippen LogP contribution in [0.3, 0.4) is 0 Å². The van der Waals surface area contributed by atoms with Crippen LogP contribution in [0.1, 0.15) is 26.2 Å². The Bertz CT molecular complexity index is 138. The third kappa shape index (κ3) is 1.42. The van der Waals surface area contributed by atoms with Gasteiger partial charge >= 0.3 is 0 Å². The number of hydrogen-bond acceptors (Lipinski definition) is 2. The van der Waals surface area contributed by atoms with Gasteiger partial charge in [0.25, 0.3) is 0 Å². The van der Waals surface area contributed by atoms with Crippen molar-refractivity contribution in [2.75, 3.05) is 19.9 Å². The van der Waals surface area contributed by atoms with Crippen LogP contribution in [0.15, 0.2) is 0 Å². The minimum absolute atomic E-state index is 0.762. The van der Waals surface area contributed by atoms with Crippen molar-refractivity contribution in [1.82, 2.24) is 4.90 Å². The molecule has 2 unspecified atom stereocenters. The Labute approximate surface area is 68.5 Å². The van der Waals surface area contributed by atoms with E-state index in [2.05, 4.69) is 11.8 Å². The maximum absolute atomic E-state index is 5.41. The Hall–Kier alpha value is -0.0800. The van der Waals surface area contributed by atoms with E-state index in [1.165, 1.54) is 25.8 Å². The van der Waals surface area contributed by atoms with Crippen LogP contribution in [-0.2, 0) is 4.74 Å². The highest BCUT2D eigenvalue weighted by atomic mass is 16.5. The van der Waals surface area contributed by atoms with Crippen molar-refractivity contribution >= 4 is 0 Å². The second-order valence-corrected chi connectivity index (χ2v) is 3.78. The molecule has 0 aromatic carbocycles. The monoisotopic (exact) mass is 155 g/mol. The molecule has 0 bridgehead atoms. The van der Waals surface area contributed by atoms with Gasteiger partial charge in [-0.1, -0.05) is 13.3 Å². The molecular formula is C9H17NO. The number of nitrogens with zero attached hydrogens (tertiary/aromatic N) is 1. The smallest absolute Gasteiger partial charge is 0.0994 e. The van der Waals surface area contributed by atoms with Crippen molar-refractivity contribution in [3.8, 4) is 0 Å². The molecule has 11 heavy (non-hydrogen) atoms. The number of piperidine rings is 1. The fraction of sp³-hybridized carbons (Fsp3) is 1.00. The van der Waals surface area contributed by atoms with Crippen LogP contribution in [0.4, 0.5) is 0 Å². The van der Waals surface area contributed by atoms with Gasteiger partial charge < -0.3 is 4.74 Å². The van der Waals surface area contributed by atoms with Crippen LogP contribution in [0.2, 0.25) is 0 Å². The van der Waals surface area contributed by atoms with E-state index in [1.807, 2.05) is 0 Å². The zero-order valence-electron chi connectivity index (χ0n) is 7.25. The van der Waals surface area contributed by atoms with Gasteiger partial charge in [-0.15, -0.1) is 0 Å². The Kier molecular flexibility index (Phi) is 2.14. The van der Waals surface area contributed by atoms with Crippen molar-refractivity contribution < 1.29 is 4.74 Å². The number of ether oxygens (including phenoxy) is 1. The summed E-state index contributed by atoms with van der Waals surface area (Å²) < 4.78 is 5.41. The highest BCUT2D eigenvalue weighted by Gasteiger charge is 2.31. The Balaban J connectivity index is 1.91. The van der Waals surface area contributed by atoms with Crippen LogP contribution < -0.4 is 0 Å². The maximum atomic E-state index is 5.41. The Morgan fingerprint density at radius 2 is 2.36 bits per heavy atom. The average Bonchev–Trinajstić information content (AvgIpc) is 2.50. The van der Waals surface area contributed by atoms with E-state index in [1.54, 1.807) is 0 Å². The third-order valence-corrected chi connectivity index (χ3v) is 3.06. The van der Waals surface area contributed by atoms with Gasteiger partial charge in [-0.25, -0.2) is 0 Å². The zero-order valence-corrected chi connectivity index (χ0v) is 7.25. The van der Waals surface area contributed by atoms with Gasteiger partial charge in [0.15, 0.2) is 0 Å². The van der Waals surface area contributed by atoms with Crippen molar-refractivity contribution in [3.05, 3.63) is 0 Å². The number of rotatable bonds is 1. The first-order valence-electron chi connectivity index (χ1n) is 4.72. The standard InChI is InChI=1S/C9H17NO/c1-2-8-3-4-9-6-11-7-10(9)5-8/h8-9H,2-7H2,1H3. The fourth-order valence-corrected chi connectivity index (χ4v) is 2.17. The van der Waals surface area contributed by atoms with E-state index < -0.39 is 0 Å². The van der Waals surface area contributed by atoms with Crippen LogP contribution in [-0.4, -0.2) is 30.8 Å². The molecule has 0 aromatic rings. The molecule has 64 valence electrons. The van der Waals surface area contributed by atoms with Crippen LogP contribution in [0, 0.1) is 5.92 Å². The summed E-state index contributed by atoms with van der Waals surface area (Å²) >= 11 is 0. The summed E-state index contributed by atoms with van der Waals surface area (Å²) in [5, 5.41) is 0. The number of fused-ring (bicyclic) bond motifs is 1. The quantitative estimate of drug-likeness (QED) is 0.568. The minimum atomic E-state index is 0.762. The van der Waals surface area contributed by atoms with Gasteiger partial charge in [-0.3, -0.25) is 4.90 Å². The molecule has 0 aromatic heterocycles. The maximum Gasteiger partial charge on any atom is 0.0994 e. The van der Waals surface area contributed by atoms with E-state index in [0.29, 0.717) is 0 Å². The van der Waals surface area contributed by atoms with Crippen LogP contribution in [0.25, 0.3) is 0 Å². The highest BCUT2D eigenvalue weighted by Crippen LogP contribution is 2.26. The highest BCUT2D eigenvalue weighted by molar-refractivity contribution is 4.82. The molecule has 2 fully saturated rings. The van der Waals surface area contributed by atoms with Gasteiger partial charge in [0.2, 0.25) is 0 Å². The SMILES string of the molecule is CCC1CCC2COCN2C1. The summed E-state index contributed by atoms with van der Waals surface area (Å²) in [7, 11) is 0. The molecule has 0 spiro atoms. The summed E-state index contributed by atoms with van der Waals surface area (Å²) in [6.07, 6.45) is 4.11. The molecule has 2 saturated heterocycles. The topological polar surface area (TPSA) is 12.5 Å². The van der Waals surface area contributed by atoms with E-state index in [4.69, 9.17) is 4.74 Å². The van der Waals surface area contributed by atoms with Crippen molar-refractivity contribution in [2.45, 2.75) is 32.2 Å². The van der Waals surface area contributed by atoms with Crippen LogP contribution in [0.5, 0.6) is 0 Å². The molecule has 2 aliphatic rings. The Morgan fingerprint density at radius 1 is 1.45 bits per heavy atom. The molecule has 0 amide bonds. The molecular weight excluding hydrogens is 138 g/mol. The van der Waals surface area contributed by atoms with Gasteiger partial charge in [0.1, 0.15) is 0 Å². The van der Waals surface area contributed by atoms with E-state index >= 15 is 0 Å². The molecule has 0 radical (unpaired) electrons. The molecule has 0 saturated carbocycles. The summed E-state index contributed by atoms with van der Waals surface area (Å²) in [5.74, 6) is 0.938.